The highest BCUT2D eigenvalue weighted by atomic mass is 32.2. The van der Waals surface area contributed by atoms with Gasteiger partial charge in [0, 0.05) is 21.3 Å². The summed E-state index contributed by atoms with van der Waals surface area (Å²) in [5, 5.41) is 0. The number of benzene rings is 1. The van der Waals surface area contributed by atoms with Crippen LogP contribution in [0.15, 0.2) is 35.2 Å². The van der Waals surface area contributed by atoms with E-state index in [2.05, 4.69) is 0 Å². The Morgan fingerprint density at radius 2 is 1.53 bits per heavy atom. The van der Waals surface area contributed by atoms with Crippen LogP contribution in [0.4, 0.5) is 0 Å². The highest BCUT2D eigenvalue weighted by Gasteiger charge is 2.53. The third-order valence-corrected chi connectivity index (χ3v) is 9.78. The predicted octanol–water partition coefficient (Wildman–Crippen LogP) is 1.66. The molecule has 0 heterocycles. The van der Waals surface area contributed by atoms with Gasteiger partial charge in [-0.05, 0) is 18.6 Å². The van der Waals surface area contributed by atoms with Crippen LogP contribution in [0, 0.1) is 0 Å². The first-order chi connectivity index (χ1) is 8.98. The Hall–Kier alpha value is -0.733. The fourth-order valence-electron chi connectivity index (χ4n) is 2.08. The largest absolute Gasteiger partial charge is 0.519 e. The first kappa shape index (κ1) is 16.3. The molecule has 0 aliphatic rings. The van der Waals surface area contributed by atoms with E-state index < -0.39 is 23.5 Å². The molecule has 0 saturated carbocycles. The second kappa shape index (κ2) is 6.62. The normalized spacial score (nSPS) is 14.3. The molecule has 1 rings (SSSR count). The number of hydrogen-bond acceptors (Lipinski definition) is 5. The van der Waals surface area contributed by atoms with E-state index in [1.807, 2.05) is 0 Å². The molecular formula is C12H20O5SSi. The molecule has 108 valence electrons. The molecule has 19 heavy (non-hydrogen) atoms. The summed E-state index contributed by atoms with van der Waals surface area (Å²) in [5.74, 6) is 0. The first-order valence-corrected chi connectivity index (χ1v) is 9.27. The van der Waals surface area contributed by atoms with Crippen molar-refractivity contribution in [1.82, 2.24) is 0 Å². The van der Waals surface area contributed by atoms with Crippen molar-refractivity contribution >= 4 is 18.6 Å². The van der Waals surface area contributed by atoms with Crippen LogP contribution in [0.25, 0.3) is 0 Å². The third kappa shape index (κ3) is 3.06. The number of hydrogen-bond donors (Lipinski definition) is 0. The van der Waals surface area contributed by atoms with Crippen molar-refractivity contribution in [3.05, 3.63) is 30.3 Å². The maximum atomic E-state index is 12.7. The maximum Gasteiger partial charge on any atom is 0.519 e. The molecule has 0 spiro atoms. The molecule has 1 aromatic carbocycles. The highest BCUT2D eigenvalue weighted by molar-refractivity contribution is 7.93. The van der Waals surface area contributed by atoms with Crippen molar-refractivity contribution in [3.8, 4) is 0 Å². The van der Waals surface area contributed by atoms with E-state index in [1.165, 1.54) is 21.3 Å². The van der Waals surface area contributed by atoms with Gasteiger partial charge >= 0.3 is 8.80 Å². The van der Waals surface area contributed by atoms with Gasteiger partial charge in [0.05, 0.1) is 4.90 Å². The Morgan fingerprint density at radius 3 is 1.89 bits per heavy atom. The molecule has 0 radical (unpaired) electrons. The summed E-state index contributed by atoms with van der Waals surface area (Å²) < 4.78 is 41.3. The monoisotopic (exact) mass is 304 g/mol. The topological polar surface area (TPSA) is 61.8 Å². The molecule has 0 fully saturated rings. The fraction of sp³-hybridized carbons (Fsp3) is 0.500. The zero-order valence-corrected chi connectivity index (χ0v) is 13.4. The number of sulfone groups is 1. The van der Waals surface area contributed by atoms with Crippen LogP contribution >= 0.6 is 0 Å². The summed E-state index contributed by atoms with van der Waals surface area (Å²) >= 11 is 0. The molecule has 0 saturated heterocycles. The van der Waals surface area contributed by atoms with Gasteiger partial charge < -0.3 is 13.3 Å². The van der Waals surface area contributed by atoms with E-state index in [0.717, 1.165) is 0 Å². The predicted molar refractivity (Wildman–Crippen MR) is 74.5 cm³/mol. The smallest absolute Gasteiger partial charge is 0.376 e. The van der Waals surface area contributed by atoms with E-state index >= 15 is 0 Å². The Balaban J connectivity index is 3.30. The van der Waals surface area contributed by atoms with Crippen LogP contribution in [0.2, 0.25) is 0 Å². The molecule has 0 aliphatic heterocycles. The molecule has 7 heteroatoms. The lowest BCUT2D eigenvalue weighted by Crippen LogP contribution is -2.57. The van der Waals surface area contributed by atoms with Crippen LogP contribution in [0.5, 0.6) is 0 Å². The van der Waals surface area contributed by atoms with Gasteiger partial charge in [-0.25, -0.2) is 8.42 Å². The summed E-state index contributed by atoms with van der Waals surface area (Å²) in [6.07, 6.45) is 0.360. The summed E-state index contributed by atoms with van der Waals surface area (Å²) in [6.45, 7) is 1.78. The van der Waals surface area contributed by atoms with Crippen molar-refractivity contribution < 1.29 is 21.7 Å². The van der Waals surface area contributed by atoms with Crippen molar-refractivity contribution in [2.75, 3.05) is 21.3 Å². The van der Waals surface area contributed by atoms with E-state index in [-0.39, 0.29) is 4.90 Å². The van der Waals surface area contributed by atoms with Crippen molar-refractivity contribution in [1.29, 1.82) is 0 Å². The van der Waals surface area contributed by atoms with E-state index in [4.69, 9.17) is 13.3 Å². The lowest BCUT2D eigenvalue weighted by atomic mass is 10.4. The van der Waals surface area contributed by atoms with E-state index in [9.17, 15) is 8.42 Å². The average Bonchev–Trinajstić information content (AvgIpc) is 2.45. The number of rotatable bonds is 7. The maximum absolute atomic E-state index is 12.7. The standard InChI is InChI=1S/C12H20O5SSi/c1-5-12(19(15-2,16-3)17-4)18(13,14)11-9-7-6-8-10-11/h6-10,12H,5H2,1-4H3. The minimum absolute atomic E-state index is 0.255. The SMILES string of the molecule is CCC([Si](OC)(OC)OC)S(=O)(=O)c1ccccc1. The molecular weight excluding hydrogens is 284 g/mol. The van der Waals surface area contributed by atoms with Crippen LogP contribution in [-0.2, 0) is 23.1 Å². The molecule has 0 bridgehead atoms. The summed E-state index contributed by atoms with van der Waals surface area (Å²) in [4.78, 5) is -0.563. The Morgan fingerprint density at radius 1 is 1.05 bits per heavy atom. The van der Waals surface area contributed by atoms with Crippen molar-refractivity contribution in [2.24, 2.45) is 0 Å². The van der Waals surface area contributed by atoms with Gasteiger partial charge in [0.2, 0.25) is 0 Å². The van der Waals surface area contributed by atoms with Gasteiger partial charge in [-0.15, -0.1) is 0 Å². The van der Waals surface area contributed by atoms with Crippen molar-refractivity contribution in [3.63, 3.8) is 0 Å². The Bertz CT molecular complexity index is 476. The van der Waals surface area contributed by atoms with Crippen molar-refractivity contribution in [2.45, 2.75) is 23.1 Å². The third-order valence-electron chi connectivity index (χ3n) is 3.06. The van der Waals surface area contributed by atoms with E-state index in [0.29, 0.717) is 6.42 Å². The lowest BCUT2D eigenvalue weighted by Gasteiger charge is -2.31. The molecule has 1 aromatic rings. The van der Waals surface area contributed by atoms with Gasteiger partial charge in [-0.2, -0.15) is 0 Å². The van der Waals surface area contributed by atoms with Gasteiger partial charge in [0.15, 0.2) is 9.84 Å². The Kier molecular flexibility index (Phi) is 5.69. The van der Waals surface area contributed by atoms with Gasteiger partial charge in [-0.1, -0.05) is 25.1 Å². The lowest BCUT2D eigenvalue weighted by molar-refractivity contribution is 0.120. The van der Waals surface area contributed by atoms with E-state index in [1.54, 1.807) is 37.3 Å². The average molecular weight is 304 g/mol. The van der Waals surface area contributed by atoms with Gasteiger partial charge in [-0.3, -0.25) is 0 Å². The second-order valence-electron chi connectivity index (χ2n) is 3.97. The molecule has 5 nitrogen and oxygen atoms in total. The Labute approximate surface area is 115 Å². The fourth-order valence-corrected chi connectivity index (χ4v) is 7.97. The quantitative estimate of drug-likeness (QED) is 0.717. The summed E-state index contributed by atoms with van der Waals surface area (Å²) in [6, 6.07) is 8.29. The summed E-state index contributed by atoms with van der Waals surface area (Å²) in [5.41, 5.74) is 0. The van der Waals surface area contributed by atoms with Crippen LogP contribution in [0.1, 0.15) is 13.3 Å². The summed E-state index contributed by atoms with van der Waals surface area (Å²) in [7, 11) is -2.55. The van der Waals surface area contributed by atoms with Gasteiger partial charge in [0.1, 0.15) is 4.87 Å². The minimum Gasteiger partial charge on any atom is -0.376 e. The first-order valence-electron chi connectivity index (χ1n) is 5.92. The van der Waals surface area contributed by atoms with Gasteiger partial charge in [0.25, 0.3) is 0 Å². The zero-order chi connectivity index (χ0) is 14.5. The second-order valence-corrected chi connectivity index (χ2v) is 9.65. The zero-order valence-electron chi connectivity index (χ0n) is 11.6. The highest BCUT2D eigenvalue weighted by Crippen LogP contribution is 2.27. The molecule has 0 amide bonds. The molecule has 0 aromatic heterocycles. The van der Waals surface area contributed by atoms with Crippen LogP contribution in [-0.4, -0.2) is 43.4 Å². The van der Waals surface area contributed by atoms with Crippen LogP contribution < -0.4 is 0 Å². The molecule has 0 N–H and O–H groups in total. The molecule has 1 unspecified atom stereocenters. The molecule has 0 aliphatic carbocycles. The minimum atomic E-state index is -3.56. The van der Waals surface area contributed by atoms with Crippen LogP contribution in [0.3, 0.4) is 0 Å². The molecule has 1 atom stereocenters.